The molecule has 14 heavy (non-hydrogen) atoms. The number of rotatable bonds is 2. The Labute approximate surface area is 85.3 Å². The maximum absolute atomic E-state index is 11.0. The van der Waals surface area contributed by atoms with E-state index >= 15 is 0 Å². The Morgan fingerprint density at radius 3 is 2.14 bits per heavy atom. The van der Waals surface area contributed by atoms with Crippen LogP contribution in [0.1, 0.15) is 30.5 Å². The molecule has 0 saturated carbocycles. The molecule has 0 heterocycles. The maximum Gasteiger partial charge on any atom is 0.221 e. The SMILES string of the molecule is CCc1cc(C)c(NC(C)=O)c(C)c1. The van der Waals surface area contributed by atoms with Crippen molar-refractivity contribution in [3.8, 4) is 0 Å². The summed E-state index contributed by atoms with van der Waals surface area (Å²) in [5, 5.41) is 2.85. The fourth-order valence-corrected chi connectivity index (χ4v) is 1.63. The van der Waals surface area contributed by atoms with Gasteiger partial charge in [-0.3, -0.25) is 4.79 Å². The topological polar surface area (TPSA) is 29.1 Å². The third kappa shape index (κ3) is 2.34. The molecule has 0 atom stereocenters. The Bertz CT molecular complexity index is 332. The lowest BCUT2D eigenvalue weighted by atomic mass is 10.0. The van der Waals surface area contributed by atoms with Gasteiger partial charge in [0.1, 0.15) is 0 Å². The summed E-state index contributed by atoms with van der Waals surface area (Å²) >= 11 is 0. The molecule has 1 N–H and O–H groups in total. The second-order valence-corrected chi connectivity index (χ2v) is 3.64. The van der Waals surface area contributed by atoms with Gasteiger partial charge in [-0.15, -0.1) is 0 Å². The van der Waals surface area contributed by atoms with Crippen molar-refractivity contribution in [3.05, 3.63) is 28.8 Å². The largest absolute Gasteiger partial charge is 0.326 e. The Hall–Kier alpha value is -1.31. The van der Waals surface area contributed by atoms with Gasteiger partial charge in [-0.2, -0.15) is 0 Å². The molecule has 2 nitrogen and oxygen atoms in total. The molecule has 0 aliphatic carbocycles. The van der Waals surface area contributed by atoms with Crippen LogP contribution >= 0.6 is 0 Å². The monoisotopic (exact) mass is 191 g/mol. The molecular formula is C12H17NO. The molecule has 1 aromatic rings. The molecule has 0 radical (unpaired) electrons. The maximum atomic E-state index is 11.0. The molecule has 0 saturated heterocycles. The third-order valence-corrected chi connectivity index (χ3v) is 2.30. The summed E-state index contributed by atoms with van der Waals surface area (Å²) in [6, 6.07) is 4.25. The number of nitrogens with one attached hydrogen (secondary N) is 1. The van der Waals surface area contributed by atoms with E-state index in [1.807, 2.05) is 13.8 Å². The summed E-state index contributed by atoms with van der Waals surface area (Å²) < 4.78 is 0. The van der Waals surface area contributed by atoms with Crippen LogP contribution < -0.4 is 5.32 Å². The highest BCUT2D eigenvalue weighted by Gasteiger charge is 2.05. The van der Waals surface area contributed by atoms with Crippen LogP contribution in [0.5, 0.6) is 0 Å². The Morgan fingerprint density at radius 2 is 1.79 bits per heavy atom. The lowest BCUT2D eigenvalue weighted by Crippen LogP contribution is -2.09. The van der Waals surface area contributed by atoms with E-state index in [1.165, 1.54) is 12.5 Å². The number of anilines is 1. The molecular weight excluding hydrogens is 174 g/mol. The van der Waals surface area contributed by atoms with Crippen molar-refractivity contribution >= 4 is 11.6 Å². The quantitative estimate of drug-likeness (QED) is 0.765. The molecule has 0 aliphatic heterocycles. The smallest absolute Gasteiger partial charge is 0.221 e. The highest BCUT2D eigenvalue weighted by atomic mass is 16.1. The molecule has 0 aliphatic rings. The van der Waals surface area contributed by atoms with Crippen molar-refractivity contribution in [1.29, 1.82) is 0 Å². The lowest BCUT2D eigenvalue weighted by molar-refractivity contribution is -0.114. The van der Waals surface area contributed by atoms with E-state index in [-0.39, 0.29) is 5.91 Å². The average Bonchev–Trinajstić information content (AvgIpc) is 2.10. The van der Waals surface area contributed by atoms with E-state index in [0.717, 1.165) is 23.2 Å². The van der Waals surface area contributed by atoms with Gasteiger partial charge in [-0.1, -0.05) is 19.1 Å². The van der Waals surface area contributed by atoms with Crippen molar-refractivity contribution in [2.45, 2.75) is 34.1 Å². The normalized spacial score (nSPS) is 10.0. The minimum atomic E-state index is -0.0135. The summed E-state index contributed by atoms with van der Waals surface area (Å²) in [6.45, 7) is 7.72. The fraction of sp³-hybridized carbons (Fsp3) is 0.417. The first-order valence-electron chi connectivity index (χ1n) is 4.92. The standard InChI is InChI=1S/C12H17NO/c1-5-11-6-8(2)12(9(3)7-11)13-10(4)14/h6-7H,5H2,1-4H3,(H,13,14). The summed E-state index contributed by atoms with van der Waals surface area (Å²) in [5.74, 6) is -0.0135. The summed E-state index contributed by atoms with van der Waals surface area (Å²) in [6.07, 6.45) is 1.03. The first-order valence-corrected chi connectivity index (χ1v) is 4.92. The summed E-state index contributed by atoms with van der Waals surface area (Å²) in [5.41, 5.74) is 4.54. The zero-order chi connectivity index (χ0) is 10.7. The zero-order valence-electron chi connectivity index (χ0n) is 9.27. The van der Waals surface area contributed by atoms with Crippen LogP contribution in [0.2, 0.25) is 0 Å². The first kappa shape index (κ1) is 10.8. The summed E-state index contributed by atoms with van der Waals surface area (Å²) in [7, 11) is 0. The van der Waals surface area contributed by atoms with Gasteiger partial charge in [0, 0.05) is 12.6 Å². The second kappa shape index (κ2) is 4.27. The number of aryl methyl sites for hydroxylation is 3. The minimum absolute atomic E-state index is 0.0135. The molecule has 0 fully saturated rings. The van der Waals surface area contributed by atoms with Crippen LogP contribution in [0, 0.1) is 13.8 Å². The van der Waals surface area contributed by atoms with Crippen molar-refractivity contribution in [2.24, 2.45) is 0 Å². The number of carbonyl (C=O) groups is 1. The van der Waals surface area contributed by atoms with Crippen LogP contribution in [-0.2, 0) is 11.2 Å². The Balaban J connectivity index is 3.11. The van der Waals surface area contributed by atoms with Crippen molar-refractivity contribution in [2.75, 3.05) is 5.32 Å². The van der Waals surface area contributed by atoms with Crippen LogP contribution in [0.25, 0.3) is 0 Å². The number of amides is 1. The Kier molecular flexibility index (Phi) is 3.28. The van der Waals surface area contributed by atoms with E-state index in [4.69, 9.17) is 0 Å². The first-order chi connectivity index (χ1) is 6.54. The summed E-state index contributed by atoms with van der Waals surface area (Å²) in [4.78, 5) is 11.0. The molecule has 76 valence electrons. The van der Waals surface area contributed by atoms with Gasteiger partial charge < -0.3 is 5.32 Å². The molecule has 0 spiro atoms. The third-order valence-electron chi connectivity index (χ3n) is 2.30. The van der Waals surface area contributed by atoms with Gasteiger partial charge in [0.25, 0.3) is 0 Å². The molecule has 2 heteroatoms. The number of hydrogen-bond donors (Lipinski definition) is 1. The van der Waals surface area contributed by atoms with Crippen molar-refractivity contribution < 1.29 is 4.79 Å². The van der Waals surface area contributed by atoms with Crippen LogP contribution in [-0.4, -0.2) is 5.91 Å². The second-order valence-electron chi connectivity index (χ2n) is 3.64. The van der Waals surface area contributed by atoms with E-state index in [2.05, 4.69) is 24.4 Å². The fourth-order valence-electron chi connectivity index (χ4n) is 1.63. The molecule has 0 bridgehead atoms. The van der Waals surface area contributed by atoms with Gasteiger partial charge in [-0.25, -0.2) is 0 Å². The van der Waals surface area contributed by atoms with E-state index in [0.29, 0.717) is 0 Å². The molecule has 0 unspecified atom stereocenters. The number of carbonyl (C=O) groups excluding carboxylic acids is 1. The predicted molar refractivity (Wildman–Crippen MR) is 59.6 cm³/mol. The average molecular weight is 191 g/mol. The van der Waals surface area contributed by atoms with Crippen LogP contribution in [0.15, 0.2) is 12.1 Å². The molecule has 0 aromatic heterocycles. The van der Waals surface area contributed by atoms with Gasteiger partial charge in [0.2, 0.25) is 5.91 Å². The van der Waals surface area contributed by atoms with Crippen molar-refractivity contribution in [3.63, 3.8) is 0 Å². The van der Waals surface area contributed by atoms with Crippen molar-refractivity contribution in [1.82, 2.24) is 0 Å². The van der Waals surface area contributed by atoms with Crippen LogP contribution in [0.3, 0.4) is 0 Å². The van der Waals surface area contributed by atoms with Gasteiger partial charge in [0.05, 0.1) is 0 Å². The number of benzene rings is 1. The minimum Gasteiger partial charge on any atom is -0.326 e. The molecule has 1 amide bonds. The van der Waals surface area contributed by atoms with Crippen LogP contribution in [0.4, 0.5) is 5.69 Å². The van der Waals surface area contributed by atoms with E-state index in [9.17, 15) is 4.79 Å². The van der Waals surface area contributed by atoms with Gasteiger partial charge in [-0.05, 0) is 37.0 Å². The number of hydrogen-bond acceptors (Lipinski definition) is 1. The Morgan fingerprint density at radius 1 is 1.29 bits per heavy atom. The van der Waals surface area contributed by atoms with Gasteiger partial charge >= 0.3 is 0 Å². The van der Waals surface area contributed by atoms with Gasteiger partial charge in [0.15, 0.2) is 0 Å². The van der Waals surface area contributed by atoms with E-state index in [1.54, 1.807) is 0 Å². The highest BCUT2D eigenvalue weighted by Crippen LogP contribution is 2.22. The lowest BCUT2D eigenvalue weighted by Gasteiger charge is -2.11. The predicted octanol–water partition coefficient (Wildman–Crippen LogP) is 2.82. The molecule has 1 aromatic carbocycles. The molecule has 1 rings (SSSR count). The van der Waals surface area contributed by atoms with E-state index < -0.39 is 0 Å². The zero-order valence-corrected chi connectivity index (χ0v) is 9.27. The highest BCUT2D eigenvalue weighted by molar-refractivity contribution is 5.90.